The SMILES string of the molecule is CCCCCPOPCCCCC. The van der Waals surface area contributed by atoms with Crippen LogP contribution in [0.4, 0.5) is 0 Å². The fourth-order valence-electron chi connectivity index (χ4n) is 1.05. The first-order valence-electron chi connectivity index (χ1n) is 5.53. The van der Waals surface area contributed by atoms with Crippen molar-refractivity contribution in [2.45, 2.75) is 52.4 Å². The van der Waals surface area contributed by atoms with Crippen molar-refractivity contribution >= 4 is 17.6 Å². The quantitative estimate of drug-likeness (QED) is 0.388. The Morgan fingerprint density at radius 1 is 0.769 bits per heavy atom. The molecule has 0 saturated carbocycles. The Hall–Kier alpha value is 0.820. The monoisotopic (exact) mass is 222 g/mol. The third kappa shape index (κ3) is 12.8. The molecule has 2 unspecified atom stereocenters. The van der Waals surface area contributed by atoms with E-state index in [0.29, 0.717) is 0 Å². The molecule has 2 atom stereocenters. The Labute approximate surface area is 87.1 Å². The van der Waals surface area contributed by atoms with Crippen molar-refractivity contribution in [3.8, 4) is 0 Å². The summed E-state index contributed by atoms with van der Waals surface area (Å²) in [5.41, 5.74) is 0. The third-order valence-electron chi connectivity index (χ3n) is 1.91. The first-order chi connectivity index (χ1) is 6.41. The van der Waals surface area contributed by atoms with Crippen molar-refractivity contribution in [3.63, 3.8) is 0 Å². The molecular weight excluding hydrogens is 198 g/mol. The van der Waals surface area contributed by atoms with E-state index in [4.69, 9.17) is 4.31 Å². The van der Waals surface area contributed by atoms with Crippen LogP contribution < -0.4 is 0 Å². The molecule has 0 aromatic heterocycles. The van der Waals surface area contributed by atoms with Crippen molar-refractivity contribution in [1.82, 2.24) is 0 Å². The first kappa shape index (κ1) is 13.8. The van der Waals surface area contributed by atoms with Gasteiger partial charge in [0.2, 0.25) is 0 Å². The molecule has 0 amide bonds. The van der Waals surface area contributed by atoms with E-state index in [0.717, 1.165) is 17.6 Å². The van der Waals surface area contributed by atoms with Crippen molar-refractivity contribution in [2.24, 2.45) is 0 Å². The van der Waals surface area contributed by atoms with Gasteiger partial charge in [-0.2, -0.15) is 0 Å². The normalized spacial score (nSPS) is 12.5. The average molecular weight is 222 g/mol. The maximum absolute atomic E-state index is 5.58. The van der Waals surface area contributed by atoms with E-state index < -0.39 is 0 Å². The molecule has 0 aliphatic rings. The Morgan fingerprint density at radius 3 is 1.62 bits per heavy atom. The third-order valence-corrected chi connectivity index (χ3v) is 4.18. The highest BCUT2D eigenvalue weighted by Gasteiger charge is 1.90. The summed E-state index contributed by atoms with van der Waals surface area (Å²) in [6.45, 7) is 4.49. The Morgan fingerprint density at radius 2 is 1.23 bits per heavy atom. The maximum Gasteiger partial charge on any atom is 0.0193 e. The van der Waals surface area contributed by atoms with Crippen LogP contribution in [0, 0.1) is 0 Å². The maximum atomic E-state index is 5.58. The molecule has 0 aliphatic carbocycles. The van der Waals surface area contributed by atoms with E-state index in [1.807, 2.05) is 0 Å². The van der Waals surface area contributed by atoms with Gasteiger partial charge in [-0.05, 0) is 25.2 Å². The minimum absolute atomic E-state index is 0.766. The van der Waals surface area contributed by atoms with Crippen LogP contribution in [0.3, 0.4) is 0 Å². The molecule has 13 heavy (non-hydrogen) atoms. The largest absolute Gasteiger partial charge is 0.344 e. The lowest BCUT2D eigenvalue weighted by molar-refractivity contribution is 0.691. The Balaban J connectivity index is 2.76. The number of unbranched alkanes of at least 4 members (excludes halogenated alkanes) is 4. The summed E-state index contributed by atoms with van der Waals surface area (Å²) in [7, 11) is 1.53. The predicted octanol–water partition coefficient (Wildman–Crippen LogP) is 4.57. The lowest BCUT2D eigenvalue weighted by Gasteiger charge is -2.02. The summed E-state index contributed by atoms with van der Waals surface area (Å²) < 4.78 is 5.58. The van der Waals surface area contributed by atoms with Crippen LogP contribution in [0.1, 0.15) is 52.4 Å². The van der Waals surface area contributed by atoms with E-state index in [1.165, 1.54) is 50.8 Å². The average Bonchev–Trinajstić information content (AvgIpc) is 2.16. The number of hydrogen-bond donors (Lipinski definition) is 0. The van der Waals surface area contributed by atoms with Gasteiger partial charge in [-0.1, -0.05) is 39.5 Å². The molecule has 0 heterocycles. The van der Waals surface area contributed by atoms with Gasteiger partial charge in [0.15, 0.2) is 0 Å². The van der Waals surface area contributed by atoms with Gasteiger partial charge in [0.25, 0.3) is 0 Å². The van der Waals surface area contributed by atoms with Gasteiger partial charge in [-0.15, -0.1) is 0 Å². The molecule has 1 nitrogen and oxygen atoms in total. The van der Waals surface area contributed by atoms with Crippen LogP contribution in [0.15, 0.2) is 0 Å². The molecule has 80 valence electrons. The topological polar surface area (TPSA) is 9.23 Å². The Bertz CT molecular complexity index is 79.0. The molecule has 0 saturated heterocycles. The summed E-state index contributed by atoms with van der Waals surface area (Å²) in [5, 5.41) is 0. The van der Waals surface area contributed by atoms with Crippen molar-refractivity contribution in [3.05, 3.63) is 0 Å². The molecule has 0 aliphatic heterocycles. The highest BCUT2D eigenvalue weighted by molar-refractivity contribution is 7.46. The van der Waals surface area contributed by atoms with E-state index in [1.54, 1.807) is 0 Å². The summed E-state index contributed by atoms with van der Waals surface area (Å²) in [4.78, 5) is 0. The first-order valence-corrected chi connectivity index (χ1v) is 7.76. The Kier molecular flexibility index (Phi) is 13.6. The standard InChI is InChI=1S/C10H24OP2/c1-3-5-7-9-12-11-13-10-8-6-4-2/h12-13H,3-10H2,1-2H3. The van der Waals surface area contributed by atoms with Crippen molar-refractivity contribution in [2.75, 3.05) is 12.3 Å². The smallest absolute Gasteiger partial charge is 0.0193 e. The molecule has 0 aromatic rings. The van der Waals surface area contributed by atoms with Crippen molar-refractivity contribution in [1.29, 1.82) is 0 Å². The lowest BCUT2D eigenvalue weighted by Crippen LogP contribution is -1.78. The van der Waals surface area contributed by atoms with Crippen molar-refractivity contribution < 1.29 is 4.31 Å². The zero-order valence-corrected chi connectivity index (χ0v) is 11.1. The molecule has 0 rings (SSSR count). The fourth-order valence-corrected chi connectivity index (χ4v) is 3.06. The zero-order chi connectivity index (χ0) is 9.78. The minimum atomic E-state index is 0.766. The van der Waals surface area contributed by atoms with Crippen LogP contribution in [0.25, 0.3) is 0 Å². The van der Waals surface area contributed by atoms with E-state index in [-0.39, 0.29) is 0 Å². The number of rotatable bonds is 10. The molecule has 3 heteroatoms. The predicted molar refractivity (Wildman–Crippen MR) is 66.5 cm³/mol. The van der Waals surface area contributed by atoms with Crippen LogP contribution in [-0.4, -0.2) is 12.3 Å². The van der Waals surface area contributed by atoms with Gasteiger partial charge in [0.05, 0.1) is 0 Å². The molecule has 0 bridgehead atoms. The highest BCUT2D eigenvalue weighted by Crippen LogP contribution is 2.28. The van der Waals surface area contributed by atoms with Gasteiger partial charge in [0, 0.05) is 17.6 Å². The van der Waals surface area contributed by atoms with Crippen LogP contribution in [-0.2, 0) is 4.31 Å². The lowest BCUT2D eigenvalue weighted by atomic mass is 10.3. The molecule has 0 radical (unpaired) electrons. The second kappa shape index (κ2) is 12.8. The summed E-state index contributed by atoms with van der Waals surface area (Å²) in [6, 6.07) is 0. The van der Waals surface area contributed by atoms with Crippen LogP contribution in [0.2, 0.25) is 0 Å². The van der Waals surface area contributed by atoms with Gasteiger partial charge in [-0.3, -0.25) is 0 Å². The molecule has 0 fully saturated rings. The summed E-state index contributed by atoms with van der Waals surface area (Å²) in [6.07, 6.45) is 10.7. The summed E-state index contributed by atoms with van der Waals surface area (Å²) >= 11 is 0. The molecule has 0 N–H and O–H groups in total. The van der Waals surface area contributed by atoms with Gasteiger partial charge in [-0.25, -0.2) is 0 Å². The molecule has 0 aromatic carbocycles. The van der Waals surface area contributed by atoms with E-state index >= 15 is 0 Å². The summed E-state index contributed by atoms with van der Waals surface area (Å²) in [5.74, 6) is 0. The van der Waals surface area contributed by atoms with E-state index in [9.17, 15) is 0 Å². The fraction of sp³-hybridized carbons (Fsp3) is 1.00. The molecule has 0 spiro atoms. The van der Waals surface area contributed by atoms with Crippen LogP contribution >= 0.6 is 17.6 Å². The van der Waals surface area contributed by atoms with Gasteiger partial charge in [0.1, 0.15) is 0 Å². The van der Waals surface area contributed by atoms with E-state index in [2.05, 4.69) is 13.8 Å². The van der Waals surface area contributed by atoms with Gasteiger partial charge >= 0.3 is 0 Å². The second-order valence-corrected chi connectivity index (χ2v) is 5.70. The second-order valence-electron chi connectivity index (χ2n) is 3.30. The van der Waals surface area contributed by atoms with Crippen LogP contribution in [0.5, 0.6) is 0 Å². The minimum Gasteiger partial charge on any atom is -0.344 e. The molecular formula is C10H24OP2. The zero-order valence-electron chi connectivity index (χ0n) is 9.07. The highest BCUT2D eigenvalue weighted by atomic mass is 31.2. The van der Waals surface area contributed by atoms with Gasteiger partial charge < -0.3 is 4.31 Å². The number of hydrogen-bond acceptors (Lipinski definition) is 1.